The lowest BCUT2D eigenvalue weighted by molar-refractivity contribution is 0.0961. The third-order valence-electron chi connectivity index (χ3n) is 2.79. The monoisotopic (exact) mass is 347 g/mol. The standard InChI is InChI=1S/C15H14BrN3O2/c1-18-14(20)9-3-2-4-13(7-9)19-15(21)10-5-11(16)8-12(17)6-10/h2-8H,17H2,1H3,(H,18,20)(H,19,21). The quantitative estimate of drug-likeness (QED) is 0.746. The second-order valence-corrected chi connectivity index (χ2v) is 5.30. The Morgan fingerprint density at radius 3 is 2.48 bits per heavy atom. The van der Waals surface area contributed by atoms with E-state index in [1.54, 1.807) is 49.5 Å². The summed E-state index contributed by atoms with van der Waals surface area (Å²) < 4.78 is 0.728. The van der Waals surface area contributed by atoms with Crippen LogP contribution in [-0.2, 0) is 0 Å². The van der Waals surface area contributed by atoms with E-state index in [9.17, 15) is 9.59 Å². The van der Waals surface area contributed by atoms with Crippen LogP contribution in [0.2, 0.25) is 0 Å². The van der Waals surface area contributed by atoms with Crippen molar-refractivity contribution in [2.24, 2.45) is 0 Å². The van der Waals surface area contributed by atoms with E-state index in [0.29, 0.717) is 22.5 Å². The lowest BCUT2D eigenvalue weighted by atomic mass is 10.1. The van der Waals surface area contributed by atoms with Crippen molar-refractivity contribution >= 4 is 39.1 Å². The van der Waals surface area contributed by atoms with Crippen LogP contribution in [0.5, 0.6) is 0 Å². The minimum atomic E-state index is -0.294. The fourth-order valence-corrected chi connectivity index (χ4v) is 2.34. The van der Waals surface area contributed by atoms with Crippen molar-refractivity contribution in [1.82, 2.24) is 5.32 Å². The van der Waals surface area contributed by atoms with Gasteiger partial charge in [0.1, 0.15) is 0 Å². The molecule has 0 spiro atoms. The molecular weight excluding hydrogens is 334 g/mol. The first-order valence-electron chi connectivity index (χ1n) is 6.19. The summed E-state index contributed by atoms with van der Waals surface area (Å²) in [6.45, 7) is 0. The molecule has 0 fully saturated rings. The molecule has 0 unspecified atom stereocenters. The molecule has 0 radical (unpaired) electrons. The number of benzene rings is 2. The first-order chi connectivity index (χ1) is 9.99. The first kappa shape index (κ1) is 15.1. The van der Waals surface area contributed by atoms with Gasteiger partial charge in [-0.15, -0.1) is 0 Å². The lowest BCUT2D eigenvalue weighted by Crippen LogP contribution is -2.18. The van der Waals surface area contributed by atoms with Crippen LogP contribution in [-0.4, -0.2) is 18.9 Å². The maximum absolute atomic E-state index is 12.2. The summed E-state index contributed by atoms with van der Waals surface area (Å²) in [6, 6.07) is 11.7. The van der Waals surface area contributed by atoms with Gasteiger partial charge in [-0.2, -0.15) is 0 Å². The molecule has 0 aliphatic carbocycles. The van der Waals surface area contributed by atoms with Crippen molar-refractivity contribution in [1.29, 1.82) is 0 Å². The van der Waals surface area contributed by atoms with Gasteiger partial charge in [-0.25, -0.2) is 0 Å². The minimum absolute atomic E-state index is 0.210. The normalized spacial score (nSPS) is 10.0. The van der Waals surface area contributed by atoms with E-state index in [-0.39, 0.29) is 11.8 Å². The topological polar surface area (TPSA) is 84.2 Å². The van der Waals surface area contributed by atoms with Crippen molar-refractivity contribution in [2.75, 3.05) is 18.1 Å². The molecule has 0 bridgehead atoms. The average Bonchev–Trinajstić information content (AvgIpc) is 2.45. The molecule has 2 amide bonds. The second-order valence-electron chi connectivity index (χ2n) is 4.39. The first-order valence-corrected chi connectivity index (χ1v) is 6.98. The summed E-state index contributed by atoms with van der Waals surface area (Å²) >= 11 is 3.29. The van der Waals surface area contributed by atoms with Crippen LogP contribution in [0.25, 0.3) is 0 Å². The van der Waals surface area contributed by atoms with Gasteiger partial charge in [-0.3, -0.25) is 9.59 Å². The van der Waals surface area contributed by atoms with E-state index in [1.165, 1.54) is 0 Å². The summed E-state index contributed by atoms with van der Waals surface area (Å²) in [5.41, 5.74) is 7.66. The minimum Gasteiger partial charge on any atom is -0.399 e. The van der Waals surface area contributed by atoms with E-state index in [1.807, 2.05) is 0 Å². The second kappa shape index (κ2) is 6.41. The van der Waals surface area contributed by atoms with Gasteiger partial charge in [-0.05, 0) is 36.4 Å². The summed E-state index contributed by atoms with van der Waals surface area (Å²) in [6.07, 6.45) is 0. The molecule has 4 N–H and O–H groups in total. The summed E-state index contributed by atoms with van der Waals surface area (Å²) in [5.74, 6) is -0.505. The lowest BCUT2D eigenvalue weighted by Gasteiger charge is -2.08. The highest BCUT2D eigenvalue weighted by molar-refractivity contribution is 9.10. The third kappa shape index (κ3) is 3.82. The van der Waals surface area contributed by atoms with Crippen LogP contribution in [0, 0.1) is 0 Å². The number of hydrogen-bond acceptors (Lipinski definition) is 3. The molecule has 2 aromatic carbocycles. The molecule has 0 saturated heterocycles. The van der Waals surface area contributed by atoms with Gasteiger partial charge in [0.2, 0.25) is 0 Å². The number of rotatable bonds is 3. The number of anilines is 2. The molecule has 0 aliphatic rings. The zero-order chi connectivity index (χ0) is 15.4. The Labute approximate surface area is 130 Å². The SMILES string of the molecule is CNC(=O)c1cccc(NC(=O)c2cc(N)cc(Br)c2)c1. The van der Waals surface area contributed by atoms with Gasteiger partial charge in [0.05, 0.1) is 0 Å². The van der Waals surface area contributed by atoms with E-state index >= 15 is 0 Å². The van der Waals surface area contributed by atoms with Crippen LogP contribution in [0.15, 0.2) is 46.9 Å². The van der Waals surface area contributed by atoms with Crippen molar-refractivity contribution < 1.29 is 9.59 Å². The Bertz CT molecular complexity index is 681. The number of nitrogens with two attached hydrogens (primary N) is 1. The van der Waals surface area contributed by atoms with Crippen LogP contribution in [0.3, 0.4) is 0 Å². The molecule has 6 heteroatoms. The Hall–Kier alpha value is -2.34. The number of hydrogen-bond donors (Lipinski definition) is 3. The van der Waals surface area contributed by atoms with Crippen LogP contribution >= 0.6 is 15.9 Å². The van der Waals surface area contributed by atoms with Crippen LogP contribution < -0.4 is 16.4 Å². The van der Waals surface area contributed by atoms with E-state index in [2.05, 4.69) is 26.6 Å². The van der Waals surface area contributed by atoms with E-state index < -0.39 is 0 Å². The zero-order valence-electron chi connectivity index (χ0n) is 11.3. The highest BCUT2D eigenvalue weighted by atomic mass is 79.9. The highest BCUT2D eigenvalue weighted by Crippen LogP contribution is 2.19. The average molecular weight is 348 g/mol. The fraction of sp³-hybridized carbons (Fsp3) is 0.0667. The molecule has 0 saturated carbocycles. The number of carbonyl (C=O) groups is 2. The molecule has 2 rings (SSSR count). The van der Waals surface area contributed by atoms with Crippen LogP contribution in [0.4, 0.5) is 11.4 Å². The highest BCUT2D eigenvalue weighted by Gasteiger charge is 2.09. The number of nitrogens with one attached hydrogen (secondary N) is 2. The van der Waals surface area contributed by atoms with Crippen LogP contribution in [0.1, 0.15) is 20.7 Å². The molecule has 0 atom stereocenters. The van der Waals surface area contributed by atoms with Gasteiger partial charge in [0.15, 0.2) is 0 Å². The predicted molar refractivity (Wildman–Crippen MR) is 86.3 cm³/mol. The molecule has 0 heterocycles. The van der Waals surface area contributed by atoms with Gasteiger partial charge < -0.3 is 16.4 Å². The smallest absolute Gasteiger partial charge is 0.255 e. The van der Waals surface area contributed by atoms with Crippen molar-refractivity contribution in [3.8, 4) is 0 Å². The molecule has 108 valence electrons. The van der Waals surface area contributed by atoms with Gasteiger partial charge in [0.25, 0.3) is 11.8 Å². The van der Waals surface area contributed by atoms with Gasteiger partial charge in [-0.1, -0.05) is 22.0 Å². The Balaban J connectivity index is 2.21. The summed E-state index contributed by atoms with van der Waals surface area (Å²) in [4.78, 5) is 23.7. The van der Waals surface area contributed by atoms with Gasteiger partial charge in [0, 0.05) is 34.0 Å². The number of nitrogen functional groups attached to an aromatic ring is 1. The third-order valence-corrected chi connectivity index (χ3v) is 3.25. The Morgan fingerprint density at radius 1 is 1.05 bits per heavy atom. The molecule has 0 aliphatic heterocycles. The zero-order valence-corrected chi connectivity index (χ0v) is 12.9. The number of carbonyl (C=O) groups excluding carboxylic acids is 2. The predicted octanol–water partition coefficient (Wildman–Crippen LogP) is 2.64. The van der Waals surface area contributed by atoms with Crippen molar-refractivity contribution in [3.05, 3.63) is 58.1 Å². The maximum Gasteiger partial charge on any atom is 0.255 e. The van der Waals surface area contributed by atoms with E-state index in [4.69, 9.17) is 5.73 Å². The summed E-state index contributed by atoms with van der Waals surface area (Å²) in [5, 5.41) is 5.27. The van der Waals surface area contributed by atoms with Crippen molar-refractivity contribution in [2.45, 2.75) is 0 Å². The fourth-order valence-electron chi connectivity index (χ4n) is 1.83. The Morgan fingerprint density at radius 2 is 1.81 bits per heavy atom. The number of amides is 2. The van der Waals surface area contributed by atoms with E-state index in [0.717, 1.165) is 4.47 Å². The molecule has 5 nitrogen and oxygen atoms in total. The van der Waals surface area contributed by atoms with Gasteiger partial charge >= 0.3 is 0 Å². The molecular formula is C15H14BrN3O2. The van der Waals surface area contributed by atoms with Crippen molar-refractivity contribution in [3.63, 3.8) is 0 Å². The molecule has 0 aromatic heterocycles. The Kier molecular flexibility index (Phi) is 4.59. The maximum atomic E-state index is 12.2. The molecule has 21 heavy (non-hydrogen) atoms. The number of halogens is 1. The molecule has 2 aromatic rings. The largest absolute Gasteiger partial charge is 0.399 e. The summed E-state index contributed by atoms with van der Waals surface area (Å²) in [7, 11) is 1.55.